The van der Waals surface area contributed by atoms with Crippen LogP contribution in [0.4, 0.5) is 5.82 Å². The summed E-state index contributed by atoms with van der Waals surface area (Å²) in [5, 5.41) is 13.4. The van der Waals surface area contributed by atoms with E-state index in [0.29, 0.717) is 33.1 Å². The Morgan fingerprint density at radius 2 is 2.00 bits per heavy atom. The molecule has 2 N–H and O–H groups in total. The molecule has 0 aliphatic heterocycles. The van der Waals surface area contributed by atoms with Gasteiger partial charge in [-0.1, -0.05) is 41.4 Å². The van der Waals surface area contributed by atoms with Crippen LogP contribution in [0.25, 0.3) is 10.9 Å². The van der Waals surface area contributed by atoms with Crippen LogP contribution in [0.5, 0.6) is 5.75 Å². The number of ether oxygens (including phenoxy) is 1. The van der Waals surface area contributed by atoms with Crippen molar-refractivity contribution in [3.8, 4) is 5.75 Å². The molecule has 0 saturated carbocycles. The summed E-state index contributed by atoms with van der Waals surface area (Å²) < 4.78 is 5.84. The van der Waals surface area contributed by atoms with Gasteiger partial charge in [0, 0.05) is 16.0 Å². The number of aromatic amines is 1. The summed E-state index contributed by atoms with van der Waals surface area (Å²) in [6.07, 6.45) is 0. The number of benzene rings is 2. The first-order chi connectivity index (χ1) is 13.1. The monoisotopic (exact) mass is 417 g/mol. The molecular weight excluding hydrogens is 405 g/mol. The predicted molar refractivity (Wildman–Crippen MR) is 109 cm³/mol. The Morgan fingerprint density at radius 1 is 1.15 bits per heavy atom. The van der Waals surface area contributed by atoms with Gasteiger partial charge in [0.2, 0.25) is 0 Å². The number of amides is 1. The SMILES string of the molecule is O=C(Nc1n[nH]c2ccc(OCc3ccccc3Cl)cc12)c1sccc1Cl. The highest BCUT2D eigenvalue weighted by molar-refractivity contribution is 7.12. The number of nitrogens with zero attached hydrogens (tertiary/aromatic N) is 1. The van der Waals surface area contributed by atoms with Gasteiger partial charge in [-0.05, 0) is 35.7 Å². The molecule has 0 spiro atoms. The molecule has 0 aliphatic rings. The molecule has 2 heterocycles. The average Bonchev–Trinajstić information content (AvgIpc) is 3.27. The number of carbonyl (C=O) groups is 1. The number of aromatic nitrogens is 2. The molecule has 0 unspecified atom stereocenters. The molecule has 1 amide bonds. The normalized spacial score (nSPS) is 10.9. The number of thiophene rings is 1. The van der Waals surface area contributed by atoms with Crippen molar-refractivity contribution in [2.24, 2.45) is 0 Å². The van der Waals surface area contributed by atoms with Crippen LogP contribution in [-0.4, -0.2) is 16.1 Å². The van der Waals surface area contributed by atoms with Crippen molar-refractivity contribution in [1.29, 1.82) is 0 Å². The third-order valence-corrected chi connectivity index (χ3v) is 5.65. The van der Waals surface area contributed by atoms with Crippen LogP contribution in [0.3, 0.4) is 0 Å². The first-order valence-electron chi connectivity index (χ1n) is 8.00. The lowest BCUT2D eigenvalue weighted by Crippen LogP contribution is -2.11. The highest BCUT2D eigenvalue weighted by atomic mass is 35.5. The van der Waals surface area contributed by atoms with E-state index < -0.39 is 0 Å². The number of hydrogen-bond acceptors (Lipinski definition) is 4. The first-order valence-corrected chi connectivity index (χ1v) is 9.64. The molecule has 0 fully saturated rings. The third-order valence-electron chi connectivity index (χ3n) is 3.94. The van der Waals surface area contributed by atoms with Crippen LogP contribution < -0.4 is 10.1 Å². The fourth-order valence-corrected chi connectivity index (χ4v) is 3.80. The maximum Gasteiger partial charge on any atom is 0.268 e. The Bertz CT molecular complexity index is 1120. The lowest BCUT2D eigenvalue weighted by molar-refractivity contribution is 0.103. The number of rotatable bonds is 5. The van der Waals surface area contributed by atoms with E-state index in [4.69, 9.17) is 27.9 Å². The molecule has 0 saturated heterocycles. The molecule has 4 aromatic rings. The van der Waals surface area contributed by atoms with Crippen LogP contribution >= 0.6 is 34.5 Å². The van der Waals surface area contributed by atoms with Crippen LogP contribution in [0.15, 0.2) is 53.9 Å². The molecule has 136 valence electrons. The number of nitrogens with one attached hydrogen (secondary N) is 2. The minimum Gasteiger partial charge on any atom is -0.489 e. The van der Waals surface area contributed by atoms with Gasteiger partial charge < -0.3 is 10.1 Å². The summed E-state index contributed by atoms with van der Waals surface area (Å²) in [4.78, 5) is 12.8. The average molecular weight is 418 g/mol. The number of H-pyrrole nitrogens is 1. The van der Waals surface area contributed by atoms with Crippen LogP contribution in [0, 0.1) is 0 Å². The topological polar surface area (TPSA) is 67.0 Å². The molecule has 0 atom stereocenters. The Kier molecular flexibility index (Phi) is 5.03. The maximum absolute atomic E-state index is 12.4. The number of halogens is 2. The van der Waals surface area contributed by atoms with Crippen molar-refractivity contribution in [2.75, 3.05) is 5.32 Å². The maximum atomic E-state index is 12.4. The van der Waals surface area contributed by atoms with Gasteiger partial charge in [0.25, 0.3) is 5.91 Å². The van der Waals surface area contributed by atoms with E-state index in [2.05, 4.69) is 15.5 Å². The lowest BCUT2D eigenvalue weighted by atomic mass is 10.2. The zero-order chi connectivity index (χ0) is 18.8. The van der Waals surface area contributed by atoms with E-state index in [1.165, 1.54) is 11.3 Å². The second kappa shape index (κ2) is 7.60. The summed E-state index contributed by atoms with van der Waals surface area (Å²) in [5.41, 5.74) is 1.68. The Labute approximate surface area is 168 Å². The largest absolute Gasteiger partial charge is 0.489 e. The van der Waals surface area contributed by atoms with Gasteiger partial charge in [0.1, 0.15) is 17.2 Å². The Balaban J connectivity index is 1.55. The van der Waals surface area contributed by atoms with E-state index in [1.807, 2.05) is 42.5 Å². The van der Waals surface area contributed by atoms with Crippen molar-refractivity contribution in [3.05, 3.63) is 74.4 Å². The van der Waals surface area contributed by atoms with Gasteiger partial charge >= 0.3 is 0 Å². The third kappa shape index (κ3) is 3.78. The standard InChI is InChI=1S/C19H13Cl2N3O2S/c20-14-4-2-1-3-11(14)10-26-12-5-6-16-13(9-12)18(24-23-16)22-19(25)17-15(21)7-8-27-17/h1-9H,10H2,(H2,22,23,24,25). The van der Waals surface area contributed by atoms with Gasteiger partial charge in [-0.2, -0.15) is 5.10 Å². The van der Waals surface area contributed by atoms with Gasteiger partial charge in [-0.3, -0.25) is 9.89 Å². The van der Waals surface area contributed by atoms with Gasteiger partial charge in [-0.15, -0.1) is 11.3 Å². The van der Waals surface area contributed by atoms with Crippen molar-refractivity contribution in [1.82, 2.24) is 10.2 Å². The number of anilines is 1. The molecular formula is C19H13Cl2N3O2S. The molecule has 5 nitrogen and oxygen atoms in total. The Morgan fingerprint density at radius 3 is 2.78 bits per heavy atom. The molecule has 0 radical (unpaired) electrons. The highest BCUT2D eigenvalue weighted by Crippen LogP contribution is 2.28. The summed E-state index contributed by atoms with van der Waals surface area (Å²) in [5.74, 6) is 0.766. The van der Waals surface area contributed by atoms with Crippen molar-refractivity contribution >= 4 is 57.2 Å². The van der Waals surface area contributed by atoms with Gasteiger partial charge in [0.05, 0.1) is 10.5 Å². The zero-order valence-corrected chi connectivity index (χ0v) is 16.2. The molecule has 2 aromatic carbocycles. The van der Waals surface area contributed by atoms with E-state index in [0.717, 1.165) is 16.5 Å². The van der Waals surface area contributed by atoms with E-state index >= 15 is 0 Å². The molecule has 0 bridgehead atoms. The molecule has 27 heavy (non-hydrogen) atoms. The number of hydrogen-bond donors (Lipinski definition) is 2. The second-order valence-corrected chi connectivity index (χ2v) is 7.44. The molecule has 0 aliphatic carbocycles. The smallest absolute Gasteiger partial charge is 0.268 e. The fraction of sp³-hybridized carbons (Fsp3) is 0.0526. The van der Waals surface area contributed by atoms with Crippen molar-refractivity contribution in [3.63, 3.8) is 0 Å². The molecule has 8 heteroatoms. The zero-order valence-electron chi connectivity index (χ0n) is 13.8. The van der Waals surface area contributed by atoms with Crippen molar-refractivity contribution in [2.45, 2.75) is 6.61 Å². The summed E-state index contributed by atoms with van der Waals surface area (Å²) >= 11 is 13.5. The minimum absolute atomic E-state index is 0.300. The Hall–Kier alpha value is -2.54. The molecule has 4 rings (SSSR count). The molecule has 2 aromatic heterocycles. The van der Waals surface area contributed by atoms with Gasteiger partial charge in [0.15, 0.2) is 5.82 Å². The van der Waals surface area contributed by atoms with E-state index in [9.17, 15) is 4.79 Å². The summed E-state index contributed by atoms with van der Waals surface area (Å²) in [6.45, 7) is 0.343. The quantitative estimate of drug-likeness (QED) is 0.433. The summed E-state index contributed by atoms with van der Waals surface area (Å²) in [7, 11) is 0. The number of fused-ring (bicyclic) bond motifs is 1. The van der Waals surface area contributed by atoms with E-state index in [-0.39, 0.29) is 5.91 Å². The highest BCUT2D eigenvalue weighted by Gasteiger charge is 2.15. The van der Waals surface area contributed by atoms with Crippen LogP contribution in [0.1, 0.15) is 15.2 Å². The van der Waals surface area contributed by atoms with Crippen LogP contribution in [-0.2, 0) is 6.61 Å². The van der Waals surface area contributed by atoms with Crippen LogP contribution in [0.2, 0.25) is 10.0 Å². The summed E-state index contributed by atoms with van der Waals surface area (Å²) in [6, 6.07) is 14.7. The minimum atomic E-state index is -0.300. The van der Waals surface area contributed by atoms with Gasteiger partial charge in [-0.25, -0.2) is 0 Å². The predicted octanol–water partition coefficient (Wildman–Crippen LogP) is 5.76. The first kappa shape index (κ1) is 17.9. The fourth-order valence-electron chi connectivity index (χ4n) is 2.57. The second-order valence-electron chi connectivity index (χ2n) is 5.71. The number of carbonyl (C=O) groups excluding carboxylic acids is 1. The van der Waals surface area contributed by atoms with E-state index in [1.54, 1.807) is 11.4 Å². The van der Waals surface area contributed by atoms with Crippen molar-refractivity contribution < 1.29 is 9.53 Å². The lowest BCUT2D eigenvalue weighted by Gasteiger charge is -2.08.